The van der Waals surface area contributed by atoms with Crippen molar-refractivity contribution in [2.45, 2.75) is 32.2 Å². The van der Waals surface area contributed by atoms with Crippen molar-refractivity contribution in [3.05, 3.63) is 41.6 Å². The zero-order valence-corrected chi connectivity index (χ0v) is 16.8. The second-order valence-corrected chi connectivity index (χ2v) is 7.04. The number of ether oxygens (including phenoxy) is 1. The first-order valence-electron chi connectivity index (χ1n) is 9.79. The van der Waals surface area contributed by atoms with E-state index in [1.807, 2.05) is 18.2 Å². The van der Waals surface area contributed by atoms with E-state index < -0.39 is 0 Å². The van der Waals surface area contributed by atoms with Crippen LogP contribution >= 0.6 is 0 Å². The van der Waals surface area contributed by atoms with Gasteiger partial charge in [-0.25, -0.2) is 4.98 Å². The molecule has 3 rings (SSSR count). The van der Waals surface area contributed by atoms with Crippen molar-refractivity contribution in [1.29, 1.82) is 5.26 Å². The van der Waals surface area contributed by atoms with Crippen LogP contribution in [0.2, 0.25) is 0 Å². The molecular weight excluding hydrogens is 368 g/mol. The summed E-state index contributed by atoms with van der Waals surface area (Å²) >= 11 is 0. The number of nitrogens with zero attached hydrogens (tertiary/aromatic N) is 4. The molecule has 152 valence electrons. The van der Waals surface area contributed by atoms with Crippen LogP contribution < -0.4 is 15.5 Å². The summed E-state index contributed by atoms with van der Waals surface area (Å²) in [6.45, 7) is 3.69. The Morgan fingerprint density at radius 1 is 1.38 bits per heavy atom. The molecule has 8 heteroatoms. The molecule has 8 nitrogen and oxygen atoms in total. The number of benzene rings is 1. The van der Waals surface area contributed by atoms with Crippen LogP contribution in [0.1, 0.15) is 31.0 Å². The second kappa shape index (κ2) is 9.85. The van der Waals surface area contributed by atoms with Gasteiger partial charge >= 0.3 is 0 Å². The number of aryl methyl sites for hydroxylation is 1. The van der Waals surface area contributed by atoms with E-state index >= 15 is 0 Å². The van der Waals surface area contributed by atoms with Crippen LogP contribution in [0.4, 0.5) is 17.5 Å². The number of methoxy groups -OCH3 is 1. The van der Waals surface area contributed by atoms with Crippen molar-refractivity contribution in [3.63, 3.8) is 0 Å². The third kappa shape index (κ3) is 5.65. The van der Waals surface area contributed by atoms with Gasteiger partial charge in [-0.15, -0.1) is 0 Å². The van der Waals surface area contributed by atoms with E-state index in [1.54, 1.807) is 12.1 Å². The Labute approximate surface area is 170 Å². The van der Waals surface area contributed by atoms with E-state index in [-0.39, 0.29) is 18.6 Å². The molecule has 0 saturated carbocycles. The van der Waals surface area contributed by atoms with Gasteiger partial charge in [0.25, 0.3) is 0 Å². The number of amides is 1. The van der Waals surface area contributed by atoms with E-state index in [0.717, 1.165) is 43.0 Å². The van der Waals surface area contributed by atoms with Gasteiger partial charge in [-0.2, -0.15) is 10.2 Å². The third-order valence-corrected chi connectivity index (χ3v) is 4.67. The Morgan fingerprint density at radius 3 is 3.00 bits per heavy atom. The lowest BCUT2D eigenvalue weighted by Gasteiger charge is -2.20. The number of hydrogen-bond donors (Lipinski definition) is 2. The molecule has 1 aliphatic heterocycles. The number of anilines is 3. The fourth-order valence-corrected chi connectivity index (χ4v) is 3.37. The van der Waals surface area contributed by atoms with Gasteiger partial charge in [-0.1, -0.05) is 19.4 Å². The van der Waals surface area contributed by atoms with Gasteiger partial charge in [0.05, 0.1) is 11.6 Å². The molecule has 2 N–H and O–H groups in total. The molecule has 1 amide bonds. The highest BCUT2D eigenvalue weighted by atomic mass is 16.5. The van der Waals surface area contributed by atoms with Crippen LogP contribution in [0.25, 0.3) is 0 Å². The first-order chi connectivity index (χ1) is 14.1. The number of nitriles is 1. The minimum atomic E-state index is -0.103. The van der Waals surface area contributed by atoms with Crippen LogP contribution in [0.15, 0.2) is 30.3 Å². The lowest BCUT2D eigenvalue weighted by Crippen LogP contribution is -2.39. The van der Waals surface area contributed by atoms with Gasteiger partial charge in [-0.05, 0) is 31.0 Å². The highest BCUT2D eigenvalue weighted by Gasteiger charge is 2.25. The molecule has 0 radical (unpaired) electrons. The molecule has 1 saturated heterocycles. The maximum absolute atomic E-state index is 11.8. The molecule has 29 heavy (non-hydrogen) atoms. The van der Waals surface area contributed by atoms with Gasteiger partial charge in [0.1, 0.15) is 12.4 Å². The average Bonchev–Trinajstić information content (AvgIpc) is 3.17. The summed E-state index contributed by atoms with van der Waals surface area (Å²) in [6.07, 6.45) is 2.69. The number of hydrogen-bond acceptors (Lipinski definition) is 7. The zero-order chi connectivity index (χ0) is 20.6. The van der Waals surface area contributed by atoms with Gasteiger partial charge in [-0.3, -0.25) is 4.79 Å². The van der Waals surface area contributed by atoms with Crippen molar-refractivity contribution in [2.75, 3.05) is 37.0 Å². The van der Waals surface area contributed by atoms with Crippen molar-refractivity contribution in [3.8, 4) is 6.07 Å². The number of carbonyl (C=O) groups excluding carboxylic acids is 1. The minimum absolute atomic E-state index is 0.0699. The summed E-state index contributed by atoms with van der Waals surface area (Å²) in [4.78, 5) is 23.2. The Balaban J connectivity index is 1.76. The smallest absolute Gasteiger partial charge is 0.246 e. The highest BCUT2D eigenvalue weighted by molar-refractivity contribution is 5.77. The normalized spacial score (nSPS) is 15.8. The molecule has 1 aliphatic rings. The molecule has 2 aromatic rings. The van der Waals surface area contributed by atoms with Crippen LogP contribution in [-0.4, -0.2) is 48.7 Å². The topological polar surface area (TPSA) is 103 Å². The van der Waals surface area contributed by atoms with Gasteiger partial charge in [0.2, 0.25) is 11.9 Å². The van der Waals surface area contributed by atoms with E-state index in [0.29, 0.717) is 18.1 Å². The summed E-state index contributed by atoms with van der Waals surface area (Å²) in [5, 5.41) is 15.3. The minimum Gasteiger partial charge on any atom is -0.375 e. The first kappa shape index (κ1) is 20.6. The Hall–Kier alpha value is -3.18. The monoisotopic (exact) mass is 394 g/mol. The molecule has 1 aromatic carbocycles. The maximum atomic E-state index is 11.8. The molecule has 1 atom stereocenters. The second-order valence-electron chi connectivity index (χ2n) is 7.04. The van der Waals surface area contributed by atoms with Gasteiger partial charge < -0.3 is 20.3 Å². The van der Waals surface area contributed by atoms with E-state index in [9.17, 15) is 4.79 Å². The molecular formula is C21H26N6O2. The Bertz CT molecular complexity index is 895. The summed E-state index contributed by atoms with van der Waals surface area (Å²) < 4.78 is 4.88. The molecule has 1 unspecified atom stereocenters. The lowest BCUT2D eigenvalue weighted by molar-refractivity contribution is -0.125. The first-order valence-corrected chi connectivity index (χ1v) is 9.79. The van der Waals surface area contributed by atoms with Crippen LogP contribution in [0, 0.1) is 11.3 Å². The predicted molar refractivity (Wildman–Crippen MR) is 111 cm³/mol. The maximum Gasteiger partial charge on any atom is 0.246 e. The Kier molecular flexibility index (Phi) is 6.98. The van der Waals surface area contributed by atoms with Crippen molar-refractivity contribution in [1.82, 2.24) is 15.3 Å². The molecule has 0 spiro atoms. The highest BCUT2D eigenvalue weighted by Crippen LogP contribution is 2.23. The molecule has 2 heterocycles. The summed E-state index contributed by atoms with van der Waals surface area (Å²) in [6, 6.07) is 11.5. The number of nitrogens with one attached hydrogen (secondary N) is 2. The van der Waals surface area contributed by atoms with Gasteiger partial charge in [0, 0.05) is 43.7 Å². The SMILES string of the molecule is CCCc1cc(N2CCC(NC(=O)COC)C2)nc(Nc2cccc(C#N)c2)n1. The van der Waals surface area contributed by atoms with Crippen molar-refractivity contribution >= 4 is 23.4 Å². The van der Waals surface area contributed by atoms with Crippen LogP contribution in [0.3, 0.4) is 0 Å². The standard InChI is InChI=1S/C21H26N6O2/c1-3-5-16-11-19(27-9-8-18(13-27)23-20(28)14-29-2)26-21(24-16)25-17-7-4-6-15(10-17)12-22/h4,6-7,10-11,18H,3,5,8-9,13-14H2,1-2H3,(H,23,28)(H,24,25,26). The number of rotatable bonds is 8. The lowest BCUT2D eigenvalue weighted by atomic mass is 10.2. The Morgan fingerprint density at radius 2 is 2.24 bits per heavy atom. The van der Waals surface area contributed by atoms with E-state index in [1.165, 1.54) is 7.11 Å². The van der Waals surface area contributed by atoms with E-state index in [4.69, 9.17) is 10.00 Å². The average molecular weight is 394 g/mol. The third-order valence-electron chi connectivity index (χ3n) is 4.67. The quantitative estimate of drug-likeness (QED) is 0.708. The summed E-state index contributed by atoms with van der Waals surface area (Å²) in [5.41, 5.74) is 2.31. The fraction of sp³-hybridized carbons (Fsp3) is 0.429. The number of carbonyl (C=O) groups is 1. The fourth-order valence-electron chi connectivity index (χ4n) is 3.37. The zero-order valence-electron chi connectivity index (χ0n) is 16.8. The van der Waals surface area contributed by atoms with Crippen LogP contribution in [-0.2, 0) is 16.0 Å². The molecule has 0 bridgehead atoms. The van der Waals surface area contributed by atoms with Crippen molar-refractivity contribution in [2.24, 2.45) is 0 Å². The summed E-state index contributed by atoms with van der Waals surface area (Å²) in [7, 11) is 1.51. The largest absolute Gasteiger partial charge is 0.375 e. The molecule has 1 aromatic heterocycles. The predicted octanol–water partition coefficient (Wildman–Crippen LogP) is 2.39. The van der Waals surface area contributed by atoms with E-state index in [2.05, 4.69) is 38.5 Å². The van der Waals surface area contributed by atoms with Crippen LogP contribution in [0.5, 0.6) is 0 Å². The molecule has 0 aliphatic carbocycles. The van der Waals surface area contributed by atoms with Crippen molar-refractivity contribution < 1.29 is 9.53 Å². The van der Waals surface area contributed by atoms with Gasteiger partial charge in [0.15, 0.2) is 0 Å². The summed E-state index contributed by atoms with van der Waals surface area (Å²) in [5.74, 6) is 1.24. The number of aromatic nitrogens is 2. The molecule has 1 fully saturated rings.